The molecule has 0 radical (unpaired) electrons. The van der Waals surface area contributed by atoms with Gasteiger partial charge in [0.15, 0.2) is 5.58 Å². The van der Waals surface area contributed by atoms with Gasteiger partial charge in [-0.05, 0) is 49.7 Å². The first-order valence-corrected chi connectivity index (χ1v) is 8.96. The highest BCUT2D eigenvalue weighted by Gasteiger charge is 2.19. The first kappa shape index (κ1) is 18.4. The van der Waals surface area contributed by atoms with Crippen LogP contribution < -0.4 is 5.32 Å². The average Bonchev–Trinajstić information content (AvgIpc) is 3.13. The number of carbonyl (C=O) groups excluding carboxylic acids is 1. The molecule has 0 saturated heterocycles. The summed E-state index contributed by atoms with van der Waals surface area (Å²) in [5.74, 6) is 0.0391. The van der Waals surface area contributed by atoms with Gasteiger partial charge in [0.1, 0.15) is 5.52 Å². The Morgan fingerprint density at radius 3 is 2.62 bits per heavy atom. The van der Waals surface area contributed by atoms with E-state index in [1.165, 1.54) is 12.1 Å². The molecule has 0 atom stereocenters. The van der Waals surface area contributed by atoms with Crippen LogP contribution in [-0.4, -0.2) is 15.8 Å². The predicted octanol–water partition coefficient (Wildman–Crippen LogP) is 5.27. The third-order valence-corrected chi connectivity index (χ3v) is 4.77. The lowest BCUT2D eigenvalue weighted by Crippen LogP contribution is -2.15. The third-order valence-electron chi connectivity index (χ3n) is 4.77. The van der Waals surface area contributed by atoms with E-state index >= 15 is 0 Å². The van der Waals surface area contributed by atoms with Crippen LogP contribution in [0.15, 0.2) is 65.1 Å². The molecule has 144 valence electrons. The second kappa shape index (κ2) is 7.20. The second-order valence-corrected chi connectivity index (χ2v) is 6.68. The fraction of sp³-hybridized carbons (Fsp3) is 0.0909. The van der Waals surface area contributed by atoms with E-state index in [1.54, 1.807) is 19.1 Å². The Morgan fingerprint density at radius 2 is 1.86 bits per heavy atom. The minimum Gasteiger partial charge on any atom is -0.436 e. The first-order valence-electron chi connectivity index (χ1n) is 8.96. The molecule has 4 aromatic rings. The molecule has 1 N–H and O–H groups in total. The van der Waals surface area contributed by atoms with Crippen molar-refractivity contribution in [2.24, 2.45) is 0 Å². The minimum atomic E-state index is -0.495. The van der Waals surface area contributed by atoms with Gasteiger partial charge in [0, 0.05) is 28.4 Å². The van der Waals surface area contributed by atoms with Crippen LogP contribution in [0.5, 0.6) is 0 Å². The number of oxazole rings is 1. The number of nitro groups is 1. The van der Waals surface area contributed by atoms with E-state index in [0.29, 0.717) is 22.7 Å². The van der Waals surface area contributed by atoms with Crippen LogP contribution in [0.25, 0.3) is 22.6 Å². The third kappa shape index (κ3) is 3.45. The summed E-state index contributed by atoms with van der Waals surface area (Å²) in [6.45, 7) is 3.43. The number of nitrogens with one attached hydrogen (secondary N) is 1. The van der Waals surface area contributed by atoms with Gasteiger partial charge in [0.05, 0.1) is 4.92 Å². The van der Waals surface area contributed by atoms with Crippen molar-refractivity contribution in [3.63, 3.8) is 0 Å². The maximum absolute atomic E-state index is 12.8. The lowest BCUT2D eigenvalue weighted by molar-refractivity contribution is -0.385. The number of aromatic nitrogens is 1. The summed E-state index contributed by atoms with van der Waals surface area (Å²) >= 11 is 0. The number of anilines is 1. The number of rotatable bonds is 4. The van der Waals surface area contributed by atoms with E-state index in [2.05, 4.69) is 10.3 Å². The number of fused-ring (bicyclic) bond motifs is 1. The molecule has 0 aliphatic rings. The zero-order chi connectivity index (χ0) is 20.5. The van der Waals surface area contributed by atoms with Crippen LogP contribution >= 0.6 is 0 Å². The molecule has 0 spiro atoms. The Morgan fingerprint density at radius 1 is 1.07 bits per heavy atom. The number of para-hydroxylation sites is 2. The van der Waals surface area contributed by atoms with E-state index < -0.39 is 10.8 Å². The molecule has 4 rings (SSSR count). The van der Waals surface area contributed by atoms with Crippen molar-refractivity contribution >= 4 is 28.4 Å². The van der Waals surface area contributed by atoms with Crippen molar-refractivity contribution in [3.8, 4) is 11.5 Å². The van der Waals surface area contributed by atoms with Gasteiger partial charge in [-0.15, -0.1) is 0 Å². The molecule has 0 fully saturated rings. The van der Waals surface area contributed by atoms with Crippen molar-refractivity contribution in [3.05, 3.63) is 87.5 Å². The Hall–Kier alpha value is -4.00. The fourth-order valence-corrected chi connectivity index (χ4v) is 3.14. The number of nitro benzene ring substituents is 1. The van der Waals surface area contributed by atoms with E-state index in [9.17, 15) is 14.9 Å². The van der Waals surface area contributed by atoms with Gasteiger partial charge in [-0.1, -0.05) is 24.3 Å². The molecule has 0 aliphatic heterocycles. The molecule has 0 saturated carbocycles. The molecule has 29 heavy (non-hydrogen) atoms. The summed E-state index contributed by atoms with van der Waals surface area (Å²) in [5.41, 5.74) is 4.07. The number of benzene rings is 3. The molecule has 0 aliphatic carbocycles. The van der Waals surface area contributed by atoms with Gasteiger partial charge in [-0.3, -0.25) is 14.9 Å². The number of nitrogens with zero attached hydrogens (tertiary/aromatic N) is 2. The quantitative estimate of drug-likeness (QED) is 0.380. The summed E-state index contributed by atoms with van der Waals surface area (Å²) < 4.78 is 5.80. The van der Waals surface area contributed by atoms with E-state index in [4.69, 9.17) is 4.42 Å². The number of carbonyl (C=O) groups is 1. The zero-order valence-electron chi connectivity index (χ0n) is 15.8. The lowest BCUT2D eigenvalue weighted by atomic mass is 10.1. The van der Waals surface area contributed by atoms with Gasteiger partial charge in [0.2, 0.25) is 5.89 Å². The lowest BCUT2D eigenvalue weighted by Gasteiger charge is -2.11. The van der Waals surface area contributed by atoms with E-state index in [1.807, 2.05) is 43.3 Å². The van der Waals surface area contributed by atoms with Crippen molar-refractivity contribution in [2.45, 2.75) is 13.8 Å². The normalized spacial score (nSPS) is 10.8. The van der Waals surface area contributed by atoms with Crippen LogP contribution in [0.3, 0.4) is 0 Å². The van der Waals surface area contributed by atoms with Gasteiger partial charge in [-0.25, -0.2) is 4.98 Å². The SMILES string of the molecule is Cc1ccc(-c2nc3ccccc3o2)cc1NC(=O)c1cccc([N+](=O)[O-])c1C. The largest absolute Gasteiger partial charge is 0.436 e. The Balaban J connectivity index is 1.67. The minimum absolute atomic E-state index is 0.0883. The van der Waals surface area contributed by atoms with E-state index in [0.717, 1.165) is 16.6 Å². The number of aryl methyl sites for hydroxylation is 1. The smallest absolute Gasteiger partial charge is 0.273 e. The standard InChI is InChI=1S/C22H17N3O4/c1-13-10-11-15(22-24-17-7-3-4-9-20(17)29-22)12-18(13)23-21(26)16-6-5-8-19(14(16)2)25(27)28/h3-12H,1-2H3,(H,23,26). The molecule has 3 aromatic carbocycles. The van der Waals surface area contributed by atoms with E-state index in [-0.39, 0.29) is 11.3 Å². The number of hydrogen-bond donors (Lipinski definition) is 1. The molecular weight excluding hydrogens is 370 g/mol. The van der Waals surface area contributed by atoms with Crippen LogP contribution in [-0.2, 0) is 0 Å². The molecular formula is C22H17N3O4. The Labute approximate surface area is 166 Å². The maximum Gasteiger partial charge on any atom is 0.273 e. The van der Waals surface area contributed by atoms with Crippen LogP contribution in [0.2, 0.25) is 0 Å². The number of amides is 1. The molecule has 0 unspecified atom stereocenters. The molecule has 7 nitrogen and oxygen atoms in total. The highest BCUT2D eigenvalue weighted by atomic mass is 16.6. The molecule has 1 amide bonds. The zero-order valence-corrected chi connectivity index (χ0v) is 15.8. The highest BCUT2D eigenvalue weighted by Crippen LogP contribution is 2.29. The maximum atomic E-state index is 12.8. The Kier molecular flexibility index (Phi) is 4.56. The topological polar surface area (TPSA) is 98.3 Å². The predicted molar refractivity (Wildman–Crippen MR) is 110 cm³/mol. The first-order chi connectivity index (χ1) is 13.9. The van der Waals surface area contributed by atoms with Gasteiger partial charge in [0.25, 0.3) is 11.6 Å². The average molecular weight is 387 g/mol. The summed E-state index contributed by atoms with van der Waals surface area (Å²) in [6, 6.07) is 17.4. The van der Waals surface area contributed by atoms with Crippen LogP contribution in [0, 0.1) is 24.0 Å². The van der Waals surface area contributed by atoms with Crippen molar-refractivity contribution in [2.75, 3.05) is 5.32 Å². The fourth-order valence-electron chi connectivity index (χ4n) is 3.14. The molecule has 7 heteroatoms. The van der Waals surface area contributed by atoms with Crippen molar-refractivity contribution < 1.29 is 14.1 Å². The summed E-state index contributed by atoms with van der Waals surface area (Å²) in [5, 5.41) is 14.0. The second-order valence-electron chi connectivity index (χ2n) is 6.68. The van der Waals surface area contributed by atoms with Gasteiger partial charge in [-0.2, -0.15) is 0 Å². The van der Waals surface area contributed by atoms with Gasteiger partial charge >= 0.3 is 0 Å². The monoisotopic (exact) mass is 387 g/mol. The Bertz CT molecular complexity index is 1230. The molecule has 1 aromatic heterocycles. The summed E-state index contributed by atoms with van der Waals surface area (Å²) in [4.78, 5) is 27.9. The summed E-state index contributed by atoms with van der Waals surface area (Å²) in [7, 11) is 0. The van der Waals surface area contributed by atoms with Crippen LogP contribution in [0.1, 0.15) is 21.5 Å². The van der Waals surface area contributed by atoms with Crippen molar-refractivity contribution in [1.82, 2.24) is 4.98 Å². The summed E-state index contributed by atoms with van der Waals surface area (Å²) in [6.07, 6.45) is 0. The number of hydrogen-bond acceptors (Lipinski definition) is 5. The van der Waals surface area contributed by atoms with Gasteiger partial charge < -0.3 is 9.73 Å². The van der Waals surface area contributed by atoms with Crippen molar-refractivity contribution in [1.29, 1.82) is 0 Å². The van der Waals surface area contributed by atoms with Crippen LogP contribution in [0.4, 0.5) is 11.4 Å². The highest BCUT2D eigenvalue weighted by molar-refractivity contribution is 6.06. The molecule has 0 bridgehead atoms. The molecule has 1 heterocycles.